The predicted molar refractivity (Wildman–Crippen MR) is 91.0 cm³/mol. The minimum Gasteiger partial charge on any atom is -0.508 e. The molecule has 0 atom stereocenters. The molecule has 0 heterocycles. The number of aromatic hydroxyl groups is 1. The van der Waals surface area contributed by atoms with Gasteiger partial charge in [-0.15, -0.1) is 0 Å². The van der Waals surface area contributed by atoms with Gasteiger partial charge in [-0.1, -0.05) is 51.5 Å². The first-order valence-corrected chi connectivity index (χ1v) is 7.76. The number of hydrogen-bond acceptors (Lipinski definition) is 1. The van der Waals surface area contributed by atoms with Crippen molar-refractivity contribution in [1.82, 2.24) is 0 Å². The van der Waals surface area contributed by atoms with Crippen LogP contribution in [0.25, 0.3) is 11.1 Å². The van der Waals surface area contributed by atoms with E-state index in [1.165, 1.54) is 35.1 Å². The van der Waals surface area contributed by atoms with Gasteiger partial charge in [0, 0.05) is 0 Å². The molecule has 1 heteroatoms. The predicted octanol–water partition coefficient (Wildman–Crippen LogP) is 5.75. The number of phenolic OH excluding ortho intramolecular Hbond substituents is 1. The Morgan fingerprint density at radius 3 is 1.90 bits per heavy atom. The Labute approximate surface area is 128 Å². The maximum Gasteiger partial charge on any atom is 0.115 e. The Hall–Kier alpha value is -1.76. The molecule has 112 valence electrons. The first-order chi connectivity index (χ1) is 9.85. The van der Waals surface area contributed by atoms with Crippen LogP contribution in [0.15, 0.2) is 36.4 Å². The fraction of sp³-hybridized carbons (Fsp3) is 0.400. The van der Waals surface area contributed by atoms with Gasteiger partial charge in [-0.05, 0) is 65.6 Å². The summed E-state index contributed by atoms with van der Waals surface area (Å²) in [7, 11) is 0. The van der Waals surface area contributed by atoms with Crippen molar-refractivity contribution >= 4 is 0 Å². The Morgan fingerprint density at radius 2 is 1.43 bits per heavy atom. The number of hydrogen-bond donors (Lipinski definition) is 1. The van der Waals surface area contributed by atoms with Crippen molar-refractivity contribution in [2.24, 2.45) is 0 Å². The van der Waals surface area contributed by atoms with Crippen molar-refractivity contribution in [2.45, 2.75) is 52.9 Å². The van der Waals surface area contributed by atoms with Crippen LogP contribution in [0.1, 0.15) is 50.3 Å². The van der Waals surface area contributed by atoms with Crippen LogP contribution in [0.5, 0.6) is 5.75 Å². The molecule has 0 bridgehead atoms. The Morgan fingerprint density at radius 1 is 0.905 bits per heavy atom. The quantitative estimate of drug-likeness (QED) is 0.756. The van der Waals surface area contributed by atoms with Crippen LogP contribution in [-0.2, 0) is 5.41 Å². The van der Waals surface area contributed by atoms with Crippen LogP contribution in [0, 0.1) is 13.8 Å². The molecule has 0 saturated carbocycles. The largest absolute Gasteiger partial charge is 0.508 e. The molecule has 0 aliphatic carbocycles. The molecule has 2 aromatic rings. The molecular weight excluding hydrogens is 256 g/mol. The van der Waals surface area contributed by atoms with E-state index in [1.807, 2.05) is 12.1 Å². The zero-order chi connectivity index (χ0) is 15.6. The van der Waals surface area contributed by atoms with E-state index in [1.54, 1.807) is 12.1 Å². The Bertz CT molecular complexity index is 598. The lowest BCUT2D eigenvalue weighted by atomic mass is 9.75. The molecule has 1 nitrogen and oxygen atoms in total. The van der Waals surface area contributed by atoms with Gasteiger partial charge < -0.3 is 5.11 Å². The average Bonchev–Trinajstić information content (AvgIpc) is 2.38. The minimum absolute atomic E-state index is 0.219. The molecule has 0 aliphatic rings. The van der Waals surface area contributed by atoms with Crippen molar-refractivity contribution in [3.8, 4) is 16.9 Å². The lowest BCUT2D eigenvalue weighted by Crippen LogP contribution is -2.19. The summed E-state index contributed by atoms with van der Waals surface area (Å²) in [4.78, 5) is 0. The summed E-state index contributed by atoms with van der Waals surface area (Å²) in [6.07, 6.45) is 2.40. The lowest BCUT2D eigenvalue weighted by Gasteiger charge is -2.29. The second-order valence-corrected chi connectivity index (χ2v) is 6.67. The number of phenols is 1. The van der Waals surface area contributed by atoms with Gasteiger partial charge >= 0.3 is 0 Å². The van der Waals surface area contributed by atoms with E-state index in [0.717, 1.165) is 5.56 Å². The lowest BCUT2D eigenvalue weighted by molar-refractivity contribution is 0.468. The van der Waals surface area contributed by atoms with E-state index in [4.69, 9.17) is 0 Å². The summed E-state index contributed by atoms with van der Waals surface area (Å²) < 4.78 is 0. The molecule has 0 aliphatic heterocycles. The standard InChI is InChI=1S/C20H26O/c1-6-11-20(4,5)19-14(2)12-17(13-15(19)3)16-7-9-18(21)10-8-16/h7-10,12-13,21H,6,11H2,1-5H3. The molecule has 2 aromatic carbocycles. The van der Waals surface area contributed by atoms with Crippen molar-refractivity contribution in [3.05, 3.63) is 53.1 Å². The van der Waals surface area contributed by atoms with Gasteiger partial charge in [0.05, 0.1) is 0 Å². The van der Waals surface area contributed by atoms with Gasteiger partial charge in [0.25, 0.3) is 0 Å². The van der Waals surface area contributed by atoms with Gasteiger partial charge in [0.1, 0.15) is 5.75 Å². The molecule has 0 spiro atoms. The summed E-state index contributed by atoms with van der Waals surface area (Å²) in [5, 5.41) is 9.42. The Balaban J connectivity index is 2.49. The third kappa shape index (κ3) is 3.29. The minimum atomic E-state index is 0.219. The highest BCUT2D eigenvalue weighted by molar-refractivity contribution is 5.67. The third-order valence-corrected chi connectivity index (χ3v) is 4.29. The van der Waals surface area contributed by atoms with Crippen LogP contribution in [0.2, 0.25) is 0 Å². The molecule has 1 N–H and O–H groups in total. The Kier molecular flexibility index (Phi) is 4.41. The first-order valence-electron chi connectivity index (χ1n) is 7.76. The van der Waals surface area contributed by atoms with E-state index < -0.39 is 0 Å². The normalized spacial score (nSPS) is 11.7. The molecule has 0 unspecified atom stereocenters. The number of rotatable bonds is 4. The zero-order valence-corrected chi connectivity index (χ0v) is 13.8. The molecule has 2 rings (SSSR count). The van der Waals surface area contributed by atoms with Crippen LogP contribution < -0.4 is 0 Å². The van der Waals surface area contributed by atoms with Crippen molar-refractivity contribution in [1.29, 1.82) is 0 Å². The highest BCUT2D eigenvalue weighted by Crippen LogP contribution is 2.36. The highest BCUT2D eigenvalue weighted by Gasteiger charge is 2.23. The van der Waals surface area contributed by atoms with Crippen LogP contribution in [0.3, 0.4) is 0 Å². The zero-order valence-electron chi connectivity index (χ0n) is 13.8. The van der Waals surface area contributed by atoms with Gasteiger partial charge in [-0.3, -0.25) is 0 Å². The van der Waals surface area contributed by atoms with E-state index >= 15 is 0 Å². The number of aryl methyl sites for hydroxylation is 2. The maximum absolute atomic E-state index is 9.42. The highest BCUT2D eigenvalue weighted by atomic mass is 16.3. The molecule has 0 amide bonds. The van der Waals surface area contributed by atoms with Gasteiger partial charge in [0.15, 0.2) is 0 Å². The van der Waals surface area contributed by atoms with Crippen LogP contribution in [-0.4, -0.2) is 5.11 Å². The molecule has 21 heavy (non-hydrogen) atoms. The summed E-state index contributed by atoms with van der Waals surface area (Å²) in [5.74, 6) is 0.313. The van der Waals surface area contributed by atoms with Crippen LogP contribution >= 0.6 is 0 Å². The topological polar surface area (TPSA) is 20.2 Å². The average molecular weight is 282 g/mol. The smallest absolute Gasteiger partial charge is 0.115 e. The third-order valence-electron chi connectivity index (χ3n) is 4.29. The monoisotopic (exact) mass is 282 g/mol. The van der Waals surface area contributed by atoms with Gasteiger partial charge in [-0.2, -0.15) is 0 Å². The van der Waals surface area contributed by atoms with Gasteiger partial charge in [0.2, 0.25) is 0 Å². The van der Waals surface area contributed by atoms with Crippen molar-refractivity contribution in [3.63, 3.8) is 0 Å². The fourth-order valence-electron chi connectivity index (χ4n) is 3.60. The summed E-state index contributed by atoms with van der Waals surface area (Å²) in [5.41, 5.74) is 6.79. The molecule has 0 aromatic heterocycles. The van der Waals surface area contributed by atoms with E-state index in [2.05, 4.69) is 46.8 Å². The van der Waals surface area contributed by atoms with E-state index in [9.17, 15) is 5.11 Å². The second kappa shape index (κ2) is 5.93. The summed E-state index contributed by atoms with van der Waals surface area (Å²) in [6.45, 7) is 11.3. The molecule has 0 radical (unpaired) electrons. The number of benzene rings is 2. The maximum atomic E-state index is 9.42. The molecule has 0 fully saturated rings. The van der Waals surface area contributed by atoms with Gasteiger partial charge in [-0.25, -0.2) is 0 Å². The summed E-state index contributed by atoms with van der Waals surface area (Å²) >= 11 is 0. The fourth-order valence-corrected chi connectivity index (χ4v) is 3.60. The van der Waals surface area contributed by atoms with Crippen LogP contribution in [0.4, 0.5) is 0 Å². The molecule has 0 saturated heterocycles. The molecular formula is C20H26O. The van der Waals surface area contributed by atoms with Crippen molar-refractivity contribution in [2.75, 3.05) is 0 Å². The first kappa shape index (κ1) is 15.6. The van der Waals surface area contributed by atoms with Crippen molar-refractivity contribution < 1.29 is 5.11 Å². The second-order valence-electron chi connectivity index (χ2n) is 6.67. The van der Waals surface area contributed by atoms with E-state index in [0.29, 0.717) is 5.75 Å². The SMILES string of the molecule is CCCC(C)(C)c1c(C)cc(-c2ccc(O)cc2)cc1C. The summed E-state index contributed by atoms with van der Waals surface area (Å²) in [6, 6.07) is 12.0. The van der Waals surface area contributed by atoms with E-state index in [-0.39, 0.29) is 5.41 Å².